The van der Waals surface area contributed by atoms with Gasteiger partial charge in [-0.3, -0.25) is 0 Å². The molecule has 0 aliphatic carbocycles. The third kappa shape index (κ3) is 5.17. The molecule has 0 saturated heterocycles. The number of benzene rings is 1. The van der Waals surface area contributed by atoms with E-state index in [4.69, 9.17) is 9.84 Å². The summed E-state index contributed by atoms with van der Waals surface area (Å²) in [5.41, 5.74) is 1.28. The molecule has 0 aliphatic heterocycles. The van der Waals surface area contributed by atoms with Crippen LogP contribution in [0, 0.1) is 0 Å². The van der Waals surface area contributed by atoms with Gasteiger partial charge in [0, 0.05) is 17.1 Å². The van der Waals surface area contributed by atoms with E-state index in [0.29, 0.717) is 19.3 Å². The molecule has 1 unspecified atom stereocenters. The minimum Gasteiger partial charge on any atom is -0.394 e. The zero-order valence-electron chi connectivity index (χ0n) is 10.2. The lowest BCUT2D eigenvalue weighted by Crippen LogP contribution is -2.25. The van der Waals surface area contributed by atoms with Crippen LogP contribution in [0.2, 0.25) is 0 Å². The number of hydrogen-bond acceptors (Lipinski definition) is 3. The van der Waals surface area contributed by atoms with Crippen molar-refractivity contribution in [1.29, 1.82) is 0 Å². The summed E-state index contributed by atoms with van der Waals surface area (Å²) in [5.74, 6) is 0. The van der Waals surface area contributed by atoms with Gasteiger partial charge >= 0.3 is 0 Å². The summed E-state index contributed by atoms with van der Waals surface area (Å²) in [6.07, 6.45) is 1.03. The Labute approximate surface area is 111 Å². The van der Waals surface area contributed by atoms with Crippen LogP contribution in [0.1, 0.15) is 24.9 Å². The number of aliphatic hydroxyl groups is 1. The third-order valence-electron chi connectivity index (χ3n) is 2.56. The summed E-state index contributed by atoms with van der Waals surface area (Å²) in [6.45, 7) is 4.07. The molecule has 2 N–H and O–H groups in total. The van der Waals surface area contributed by atoms with Crippen molar-refractivity contribution in [2.24, 2.45) is 0 Å². The lowest BCUT2D eigenvalue weighted by molar-refractivity contribution is 0.0925. The van der Waals surface area contributed by atoms with Gasteiger partial charge in [-0.05, 0) is 18.1 Å². The van der Waals surface area contributed by atoms with Gasteiger partial charge in [-0.25, -0.2) is 0 Å². The third-order valence-corrected chi connectivity index (χ3v) is 3.28. The second kappa shape index (κ2) is 8.64. The maximum atomic E-state index is 8.58. The Balaban J connectivity index is 2.41. The summed E-state index contributed by atoms with van der Waals surface area (Å²) in [7, 11) is 0. The fourth-order valence-electron chi connectivity index (χ4n) is 1.70. The van der Waals surface area contributed by atoms with Gasteiger partial charge in [0.05, 0.1) is 19.8 Å². The molecule has 0 bridgehead atoms. The van der Waals surface area contributed by atoms with E-state index in [0.717, 1.165) is 17.4 Å². The largest absolute Gasteiger partial charge is 0.394 e. The maximum Gasteiger partial charge on any atom is 0.0698 e. The van der Waals surface area contributed by atoms with Crippen LogP contribution in [-0.2, 0) is 4.74 Å². The highest BCUT2D eigenvalue weighted by molar-refractivity contribution is 9.10. The van der Waals surface area contributed by atoms with E-state index in [2.05, 4.69) is 40.3 Å². The fourth-order valence-corrected chi connectivity index (χ4v) is 2.26. The van der Waals surface area contributed by atoms with Crippen LogP contribution in [0.4, 0.5) is 0 Å². The van der Waals surface area contributed by atoms with E-state index in [1.807, 2.05) is 12.1 Å². The first-order valence-corrected chi connectivity index (χ1v) is 6.75. The summed E-state index contributed by atoms with van der Waals surface area (Å²) >= 11 is 3.57. The molecule has 0 amide bonds. The molecule has 0 heterocycles. The average Bonchev–Trinajstić information content (AvgIpc) is 2.35. The van der Waals surface area contributed by atoms with Gasteiger partial charge < -0.3 is 15.2 Å². The van der Waals surface area contributed by atoms with Crippen molar-refractivity contribution in [3.8, 4) is 0 Å². The summed E-state index contributed by atoms with van der Waals surface area (Å²) in [5, 5.41) is 12.0. The van der Waals surface area contributed by atoms with Crippen molar-refractivity contribution in [1.82, 2.24) is 5.32 Å². The lowest BCUT2D eigenvalue weighted by Gasteiger charge is -2.18. The number of nitrogens with one attached hydrogen (secondary N) is 1. The van der Waals surface area contributed by atoms with E-state index < -0.39 is 0 Å². The monoisotopic (exact) mass is 301 g/mol. The number of hydrogen-bond donors (Lipinski definition) is 2. The molecular weight excluding hydrogens is 282 g/mol. The van der Waals surface area contributed by atoms with Crippen LogP contribution in [-0.4, -0.2) is 31.5 Å². The molecule has 3 nitrogen and oxygen atoms in total. The molecule has 4 heteroatoms. The number of rotatable bonds is 8. The quantitative estimate of drug-likeness (QED) is 0.725. The lowest BCUT2D eigenvalue weighted by atomic mass is 10.0. The van der Waals surface area contributed by atoms with Gasteiger partial charge in [0.1, 0.15) is 0 Å². The van der Waals surface area contributed by atoms with Gasteiger partial charge in [-0.15, -0.1) is 0 Å². The Morgan fingerprint density at radius 3 is 2.76 bits per heavy atom. The van der Waals surface area contributed by atoms with E-state index in [-0.39, 0.29) is 6.61 Å². The topological polar surface area (TPSA) is 41.5 Å². The van der Waals surface area contributed by atoms with Gasteiger partial charge in [0.15, 0.2) is 0 Å². The molecule has 0 saturated carbocycles. The first kappa shape index (κ1) is 14.6. The summed E-state index contributed by atoms with van der Waals surface area (Å²) in [6, 6.07) is 8.59. The molecule has 1 atom stereocenters. The summed E-state index contributed by atoms with van der Waals surface area (Å²) in [4.78, 5) is 0. The first-order valence-electron chi connectivity index (χ1n) is 5.96. The number of ether oxygens (including phenoxy) is 1. The Morgan fingerprint density at radius 1 is 1.35 bits per heavy atom. The minimum atomic E-state index is 0.0848. The predicted octanol–water partition coefficient (Wildman–Crippen LogP) is 2.50. The minimum absolute atomic E-state index is 0.0848. The first-order chi connectivity index (χ1) is 8.29. The molecule has 0 fully saturated rings. The molecule has 17 heavy (non-hydrogen) atoms. The Bertz CT molecular complexity index is 320. The van der Waals surface area contributed by atoms with Crippen LogP contribution in [0.5, 0.6) is 0 Å². The standard InChI is InChI=1S/C13H20BrNO2/c1-2-13(15-7-9-17-10-8-16)11-5-3-4-6-12(11)14/h3-6,13,15-16H,2,7-10H2,1H3. The Morgan fingerprint density at radius 2 is 2.12 bits per heavy atom. The zero-order valence-corrected chi connectivity index (χ0v) is 11.7. The van der Waals surface area contributed by atoms with Crippen molar-refractivity contribution >= 4 is 15.9 Å². The molecular formula is C13H20BrNO2. The second-order valence-electron chi connectivity index (χ2n) is 3.77. The van der Waals surface area contributed by atoms with Crippen LogP contribution >= 0.6 is 15.9 Å². The fraction of sp³-hybridized carbons (Fsp3) is 0.538. The highest BCUT2D eigenvalue weighted by Gasteiger charge is 2.10. The van der Waals surface area contributed by atoms with E-state index in [9.17, 15) is 0 Å². The molecule has 96 valence electrons. The molecule has 1 aromatic carbocycles. The van der Waals surface area contributed by atoms with Gasteiger partial charge in [0.25, 0.3) is 0 Å². The molecule has 0 spiro atoms. The van der Waals surface area contributed by atoms with Gasteiger partial charge in [-0.1, -0.05) is 41.1 Å². The molecule has 1 aromatic rings. The molecule has 0 radical (unpaired) electrons. The van der Waals surface area contributed by atoms with Crippen molar-refractivity contribution in [3.05, 3.63) is 34.3 Å². The second-order valence-corrected chi connectivity index (χ2v) is 4.63. The van der Waals surface area contributed by atoms with Gasteiger partial charge in [-0.2, -0.15) is 0 Å². The Kier molecular flexibility index (Phi) is 7.44. The SMILES string of the molecule is CCC(NCCOCCO)c1ccccc1Br. The van der Waals surface area contributed by atoms with Gasteiger partial charge in [0.2, 0.25) is 0 Å². The molecule has 1 rings (SSSR count). The van der Waals surface area contributed by atoms with E-state index in [1.54, 1.807) is 0 Å². The van der Waals surface area contributed by atoms with Crippen molar-refractivity contribution in [3.63, 3.8) is 0 Å². The molecule has 0 aromatic heterocycles. The van der Waals surface area contributed by atoms with Crippen molar-refractivity contribution < 1.29 is 9.84 Å². The Hall–Kier alpha value is -0.420. The van der Waals surface area contributed by atoms with Crippen molar-refractivity contribution in [2.45, 2.75) is 19.4 Å². The zero-order chi connectivity index (χ0) is 12.5. The number of aliphatic hydroxyl groups excluding tert-OH is 1. The van der Waals surface area contributed by atoms with Crippen LogP contribution in [0.3, 0.4) is 0 Å². The normalized spacial score (nSPS) is 12.6. The molecule has 0 aliphatic rings. The van der Waals surface area contributed by atoms with Crippen LogP contribution in [0.25, 0.3) is 0 Å². The van der Waals surface area contributed by atoms with E-state index >= 15 is 0 Å². The van der Waals surface area contributed by atoms with Crippen molar-refractivity contribution in [2.75, 3.05) is 26.4 Å². The highest BCUT2D eigenvalue weighted by Crippen LogP contribution is 2.24. The average molecular weight is 302 g/mol. The highest BCUT2D eigenvalue weighted by atomic mass is 79.9. The van der Waals surface area contributed by atoms with Crippen LogP contribution in [0.15, 0.2) is 28.7 Å². The maximum absolute atomic E-state index is 8.58. The summed E-state index contributed by atoms with van der Waals surface area (Å²) < 4.78 is 6.35. The predicted molar refractivity (Wildman–Crippen MR) is 73.1 cm³/mol. The van der Waals surface area contributed by atoms with Crippen LogP contribution < -0.4 is 5.32 Å². The smallest absolute Gasteiger partial charge is 0.0698 e. The van der Waals surface area contributed by atoms with E-state index in [1.165, 1.54) is 5.56 Å². The number of halogens is 1.